The van der Waals surface area contributed by atoms with Crippen molar-refractivity contribution in [1.82, 2.24) is 4.57 Å². The van der Waals surface area contributed by atoms with E-state index in [1.807, 2.05) is 0 Å². The van der Waals surface area contributed by atoms with E-state index in [-0.39, 0.29) is 0 Å². The van der Waals surface area contributed by atoms with Gasteiger partial charge in [0.25, 0.3) is 5.82 Å². The van der Waals surface area contributed by atoms with Gasteiger partial charge in [-0.05, 0) is 26.2 Å². The van der Waals surface area contributed by atoms with Crippen LogP contribution in [-0.2, 0) is 19.5 Å². The average molecular weight is 378 g/mol. The lowest BCUT2D eigenvalue weighted by Gasteiger charge is -2.05. The SMILES string of the molecule is CCCCCCCCCCCCCc1n(CC)cc[n+]1CCCCCCC. The molecule has 1 aromatic rings. The van der Waals surface area contributed by atoms with Crippen LogP contribution in [0.5, 0.6) is 0 Å². The fraction of sp³-hybridized carbons (Fsp3) is 0.880. The molecule has 1 aromatic heterocycles. The summed E-state index contributed by atoms with van der Waals surface area (Å²) in [6.45, 7) is 9.18. The third-order valence-electron chi connectivity index (χ3n) is 5.94. The molecule has 1 heterocycles. The minimum absolute atomic E-state index is 1.11. The third-order valence-corrected chi connectivity index (χ3v) is 5.94. The van der Waals surface area contributed by atoms with Gasteiger partial charge in [0.1, 0.15) is 12.4 Å². The molecular formula is C25H49N2+. The van der Waals surface area contributed by atoms with E-state index in [0.717, 1.165) is 6.54 Å². The lowest BCUT2D eigenvalue weighted by Crippen LogP contribution is -2.37. The Morgan fingerprint density at radius 3 is 1.63 bits per heavy atom. The summed E-state index contributed by atoms with van der Waals surface area (Å²) in [5.74, 6) is 1.56. The van der Waals surface area contributed by atoms with Crippen LogP contribution in [0.3, 0.4) is 0 Å². The molecule has 0 aromatic carbocycles. The van der Waals surface area contributed by atoms with Crippen LogP contribution < -0.4 is 4.57 Å². The molecule has 0 amide bonds. The summed E-state index contributed by atoms with van der Waals surface area (Å²) < 4.78 is 4.99. The Labute approximate surface area is 170 Å². The first kappa shape index (κ1) is 24.2. The quantitative estimate of drug-likeness (QED) is 0.173. The van der Waals surface area contributed by atoms with Gasteiger partial charge >= 0.3 is 0 Å². The first-order valence-electron chi connectivity index (χ1n) is 12.4. The van der Waals surface area contributed by atoms with Gasteiger partial charge in [0.2, 0.25) is 0 Å². The molecule has 2 nitrogen and oxygen atoms in total. The van der Waals surface area contributed by atoms with Crippen molar-refractivity contribution in [3.05, 3.63) is 18.2 Å². The number of rotatable bonds is 19. The molecule has 1 rings (SSSR count). The summed E-state index contributed by atoms with van der Waals surface area (Å²) in [6.07, 6.45) is 28.4. The highest BCUT2D eigenvalue weighted by molar-refractivity contribution is 4.83. The minimum atomic E-state index is 1.11. The molecule has 0 atom stereocenters. The third kappa shape index (κ3) is 11.6. The van der Waals surface area contributed by atoms with E-state index in [1.165, 1.54) is 116 Å². The van der Waals surface area contributed by atoms with Gasteiger partial charge in [-0.3, -0.25) is 0 Å². The van der Waals surface area contributed by atoms with E-state index in [2.05, 4.69) is 42.3 Å². The fourth-order valence-corrected chi connectivity index (χ4v) is 4.11. The van der Waals surface area contributed by atoms with Crippen molar-refractivity contribution in [2.24, 2.45) is 0 Å². The van der Waals surface area contributed by atoms with E-state index in [4.69, 9.17) is 0 Å². The number of hydrogen-bond acceptors (Lipinski definition) is 0. The zero-order valence-corrected chi connectivity index (χ0v) is 19.0. The van der Waals surface area contributed by atoms with Crippen molar-refractivity contribution in [1.29, 1.82) is 0 Å². The second-order valence-corrected chi connectivity index (χ2v) is 8.39. The summed E-state index contributed by atoms with van der Waals surface area (Å²) in [7, 11) is 0. The summed E-state index contributed by atoms with van der Waals surface area (Å²) in [5, 5.41) is 0. The number of nitrogens with zero attached hydrogens (tertiary/aromatic N) is 2. The number of hydrogen-bond donors (Lipinski definition) is 0. The molecule has 0 saturated heterocycles. The van der Waals surface area contributed by atoms with Crippen LogP contribution in [-0.4, -0.2) is 4.57 Å². The topological polar surface area (TPSA) is 8.81 Å². The first-order valence-corrected chi connectivity index (χ1v) is 12.4. The largest absolute Gasteiger partial charge is 0.256 e. The molecule has 0 spiro atoms. The van der Waals surface area contributed by atoms with E-state index in [1.54, 1.807) is 5.82 Å². The lowest BCUT2D eigenvalue weighted by molar-refractivity contribution is -0.704. The Kier molecular flexibility index (Phi) is 15.6. The van der Waals surface area contributed by atoms with E-state index in [9.17, 15) is 0 Å². The summed E-state index contributed by atoms with van der Waals surface area (Å²) in [4.78, 5) is 0. The van der Waals surface area contributed by atoms with Crippen LogP contribution in [0, 0.1) is 0 Å². The molecule has 0 bridgehead atoms. The van der Waals surface area contributed by atoms with Crippen molar-refractivity contribution < 1.29 is 4.57 Å². The highest BCUT2D eigenvalue weighted by Crippen LogP contribution is 2.12. The van der Waals surface area contributed by atoms with Crippen molar-refractivity contribution in [3.63, 3.8) is 0 Å². The molecule has 0 aliphatic carbocycles. The maximum absolute atomic E-state index is 2.53. The first-order chi connectivity index (χ1) is 13.3. The number of aromatic nitrogens is 2. The second-order valence-electron chi connectivity index (χ2n) is 8.39. The van der Waals surface area contributed by atoms with Gasteiger partial charge in [0, 0.05) is 6.42 Å². The Morgan fingerprint density at radius 1 is 0.630 bits per heavy atom. The number of unbranched alkanes of at least 4 members (excludes halogenated alkanes) is 14. The van der Waals surface area contributed by atoms with E-state index < -0.39 is 0 Å². The van der Waals surface area contributed by atoms with Gasteiger partial charge in [-0.1, -0.05) is 97.3 Å². The molecule has 0 aliphatic heterocycles. The van der Waals surface area contributed by atoms with Crippen LogP contribution in [0.15, 0.2) is 12.4 Å². The molecule has 27 heavy (non-hydrogen) atoms. The standard InChI is InChI=1S/C25H49N2/c1-4-7-9-11-12-13-14-15-16-17-19-21-25-26(6-3)23-24-27(25)22-20-18-10-8-5-2/h23-24H,4-22H2,1-3H3/q+1. The van der Waals surface area contributed by atoms with Crippen molar-refractivity contribution in [3.8, 4) is 0 Å². The molecular weight excluding hydrogens is 328 g/mol. The molecule has 0 N–H and O–H groups in total. The fourth-order valence-electron chi connectivity index (χ4n) is 4.11. The Morgan fingerprint density at radius 2 is 1.11 bits per heavy atom. The van der Waals surface area contributed by atoms with Gasteiger partial charge in [-0.15, -0.1) is 0 Å². The van der Waals surface area contributed by atoms with Crippen LogP contribution in [0.1, 0.15) is 129 Å². The highest BCUT2D eigenvalue weighted by Gasteiger charge is 2.15. The monoisotopic (exact) mass is 377 g/mol. The van der Waals surface area contributed by atoms with Gasteiger partial charge in [0.15, 0.2) is 0 Å². The Bertz CT molecular complexity index is 436. The molecule has 0 fully saturated rings. The lowest BCUT2D eigenvalue weighted by atomic mass is 10.1. The zero-order chi connectivity index (χ0) is 19.6. The van der Waals surface area contributed by atoms with Crippen LogP contribution in [0.2, 0.25) is 0 Å². The Hall–Kier alpha value is -0.790. The van der Waals surface area contributed by atoms with E-state index in [0.29, 0.717) is 0 Å². The summed E-state index contributed by atoms with van der Waals surface area (Å²) >= 11 is 0. The van der Waals surface area contributed by atoms with Gasteiger partial charge < -0.3 is 0 Å². The predicted octanol–water partition coefficient (Wildman–Crippen LogP) is 7.62. The minimum Gasteiger partial charge on any atom is -0.235 e. The Balaban J connectivity index is 2.13. The summed E-state index contributed by atoms with van der Waals surface area (Å²) in [6, 6.07) is 0. The van der Waals surface area contributed by atoms with Crippen LogP contribution >= 0.6 is 0 Å². The van der Waals surface area contributed by atoms with Crippen molar-refractivity contribution in [2.75, 3.05) is 0 Å². The maximum atomic E-state index is 2.53. The molecule has 0 unspecified atom stereocenters. The molecule has 0 saturated carbocycles. The van der Waals surface area contributed by atoms with Gasteiger partial charge in [-0.25, -0.2) is 9.13 Å². The predicted molar refractivity (Wildman–Crippen MR) is 119 cm³/mol. The molecule has 158 valence electrons. The van der Waals surface area contributed by atoms with Crippen molar-refractivity contribution in [2.45, 2.75) is 143 Å². The molecule has 0 radical (unpaired) electrons. The van der Waals surface area contributed by atoms with Crippen molar-refractivity contribution >= 4 is 0 Å². The second kappa shape index (κ2) is 17.3. The average Bonchev–Trinajstić information content (AvgIpc) is 3.07. The van der Waals surface area contributed by atoms with Crippen LogP contribution in [0.4, 0.5) is 0 Å². The zero-order valence-electron chi connectivity index (χ0n) is 19.0. The molecule has 0 aliphatic rings. The van der Waals surface area contributed by atoms with E-state index >= 15 is 0 Å². The molecule has 2 heteroatoms. The summed E-state index contributed by atoms with van der Waals surface area (Å²) in [5.41, 5.74) is 0. The number of aryl methyl sites for hydroxylation is 2. The maximum Gasteiger partial charge on any atom is 0.256 e. The highest BCUT2D eigenvalue weighted by atomic mass is 15.1. The van der Waals surface area contributed by atoms with Crippen LogP contribution in [0.25, 0.3) is 0 Å². The smallest absolute Gasteiger partial charge is 0.235 e. The number of imidazole rings is 1. The van der Waals surface area contributed by atoms with Gasteiger partial charge in [-0.2, -0.15) is 0 Å². The normalized spacial score (nSPS) is 11.4. The van der Waals surface area contributed by atoms with Gasteiger partial charge in [0.05, 0.1) is 13.1 Å².